The zero-order chi connectivity index (χ0) is 45.9. The van der Waals surface area contributed by atoms with Gasteiger partial charge in [-0.05, 0) is 138 Å². The number of fused-ring (bicyclic) bond motifs is 9. The predicted molar refractivity (Wildman–Crippen MR) is 277 cm³/mol. The molecule has 0 saturated heterocycles. The van der Waals surface area contributed by atoms with Crippen LogP contribution in [0.4, 0.5) is 34.1 Å². The Morgan fingerprint density at radius 1 is 0.412 bits per heavy atom. The van der Waals surface area contributed by atoms with E-state index in [2.05, 4.69) is 200 Å². The number of hydrogen-bond donors (Lipinski definition) is 0. The van der Waals surface area contributed by atoms with E-state index in [1.54, 1.807) is 0 Å². The third-order valence-electron chi connectivity index (χ3n) is 13.7. The molecule has 0 fully saturated rings. The fourth-order valence-electron chi connectivity index (χ4n) is 10.6. The van der Waals surface area contributed by atoms with Crippen LogP contribution >= 0.6 is 0 Å². The molecule has 0 amide bonds. The summed E-state index contributed by atoms with van der Waals surface area (Å²) in [7, 11) is 0. The normalized spacial score (nSPS) is 12.4. The second-order valence-corrected chi connectivity index (χ2v) is 17.6. The van der Waals surface area contributed by atoms with E-state index in [0.717, 1.165) is 106 Å². The Labute approximate surface area is 395 Å². The summed E-state index contributed by atoms with van der Waals surface area (Å²) in [5.74, 6) is 0. The van der Waals surface area contributed by atoms with E-state index in [9.17, 15) is 10.5 Å². The van der Waals surface area contributed by atoms with Gasteiger partial charge in [0.15, 0.2) is 0 Å². The van der Waals surface area contributed by atoms with E-state index in [4.69, 9.17) is 4.42 Å². The van der Waals surface area contributed by atoms with Crippen LogP contribution in [0.2, 0.25) is 0 Å². The van der Waals surface area contributed by atoms with Gasteiger partial charge >= 0.3 is 0 Å². The molecule has 11 aromatic rings. The van der Waals surface area contributed by atoms with Crippen molar-refractivity contribution in [3.63, 3.8) is 0 Å². The number of hydrogen-bond acceptors (Lipinski definition) is 5. The Hall–Kier alpha value is -9.16. The van der Waals surface area contributed by atoms with Gasteiger partial charge in [-0.2, -0.15) is 10.5 Å². The Balaban J connectivity index is 1.28. The molecule has 0 spiro atoms. The first-order valence-electron chi connectivity index (χ1n) is 22.9. The Morgan fingerprint density at radius 3 is 1.34 bits per heavy atom. The molecule has 320 valence electrons. The van der Waals surface area contributed by atoms with Gasteiger partial charge in [0.25, 0.3) is 0 Å². The van der Waals surface area contributed by atoms with Crippen molar-refractivity contribution in [2.24, 2.45) is 0 Å². The second-order valence-electron chi connectivity index (χ2n) is 17.6. The van der Waals surface area contributed by atoms with Crippen LogP contribution in [0.15, 0.2) is 223 Å². The molecule has 1 aliphatic rings. The SMILES string of the molecule is Cc1ccc(N(c2ccc(C#N)cc2)c2cc3c(c4ccccc24)-c2c(cc(N(c4ccc(C)cc4)c4ccc(C#N)cc4)c4c2oc2ccccc24)C3(c2ccccc2)c2ccccc2)cc1. The average Bonchev–Trinajstić information content (AvgIpc) is 3.93. The summed E-state index contributed by atoms with van der Waals surface area (Å²) >= 11 is 0. The van der Waals surface area contributed by atoms with Crippen LogP contribution in [-0.2, 0) is 5.41 Å². The van der Waals surface area contributed by atoms with Crippen LogP contribution in [0.5, 0.6) is 0 Å². The highest BCUT2D eigenvalue weighted by molar-refractivity contribution is 6.22. The summed E-state index contributed by atoms with van der Waals surface area (Å²) in [6.45, 7) is 4.22. The van der Waals surface area contributed by atoms with Gasteiger partial charge in [-0.25, -0.2) is 0 Å². The highest BCUT2D eigenvalue weighted by atomic mass is 16.3. The monoisotopic (exact) mass is 870 g/mol. The molecule has 5 heteroatoms. The molecule has 1 aromatic heterocycles. The minimum atomic E-state index is -0.860. The summed E-state index contributed by atoms with van der Waals surface area (Å²) in [6, 6.07) is 81.5. The smallest absolute Gasteiger partial charge is 0.145 e. The van der Waals surface area contributed by atoms with E-state index in [-0.39, 0.29) is 0 Å². The number of benzene rings is 10. The number of nitriles is 2. The van der Waals surface area contributed by atoms with Crippen LogP contribution in [0.1, 0.15) is 44.5 Å². The maximum Gasteiger partial charge on any atom is 0.145 e. The molecule has 12 rings (SSSR count). The van der Waals surface area contributed by atoms with Gasteiger partial charge in [0.1, 0.15) is 11.2 Å². The topological polar surface area (TPSA) is 67.2 Å². The van der Waals surface area contributed by atoms with E-state index in [0.29, 0.717) is 11.1 Å². The molecule has 1 heterocycles. The molecule has 0 N–H and O–H groups in total. The predicted octanol–water partition coefficient (Wildman–Crippen LogP) is 16.4. The van der Waals surface area contributed by atoms with Crippen molar-refractivity contribution in [1.29, 1.82) is 10.5 Å². The standard InChI is InChI=1S/C63H42N4O/c1-41-21-29-47(30-22-41)66(49-33-25-43(39-64)26-34-49)56-37-54-59(52-18-10-9-17-51(52)56)61-55(63(54,45-13-5-3-6-14-45)46-15-7-4-8-16-46)38-57(60-53-19-11-12-20-58(53)68-62(60)61)67(48-31-23-42(2)24-32-48)50-35-27-44(40-65)28-36-50/h3-38H,1-2H3. The van der Waals surface area contributed by atoms with Gasteiger partial charge in [-0.3, -0.25) is 0 Å². The van der Waals surface area contributed by atoms with E-state index >= 15 is 0 Å². The van der Waals surface area contributed by atoms with Crippen molar-refractivity contribution >= 4 is 66.8 Å². The van der Waals surface area contributed by atoms with Crippen LogP contribution in [-0.4, -0.2) is 0 Å². The number of aryl methyl sites for hydroxylation is 2. The maximum absolute atomic E-state index is 9.93. The maximum atomic E-state index is 9.93. The molecule has 0 saturated carbocycles. The van der Waals surface area contributed by atoms with Crippen LogP contribution in [0, 0.1) is 36.5 Å². The molecule has 5 nitrogen and oxygen atoms in total. The van der Waals surface area contributed by atoms with Gasteiger partial charge in [0, 0.05) is 39.1 Å². The minimum Gasteiger partial charge on any atom is -0.455 e. The molecule has 68 heavy (non-hydrogen) atoms. The van der Waals surface area contributed by atoms with Crippen LogP contribution in [0.25, 0.3) is 43.8 Å². The molecule has 0 unspecified atom stereocenters. The van der Waals surface area contributed by atoms with E-state index in [1.807, 2.05) is 54.6 Å². The minimum absolute atomic E-state index is 0.594. The first-order valence-corrected chi connectivity index (χ1v) is 22.9. The van der Waals surface area contributed by atoms with Crippen molar-refractivity contribution in [1.82, 2.24) is 0 Å². The van der Waals surface area contributed by atoms with Gasteiger partial charge < -0.3 is 14.2 Å². The van der Waals surface area contributed by atoms with Gasteiger partial charge in [0.2, 0.25) is 0 Å². The number of rotatable bonds is 8. The second kappa shape index (κ2) is 16.1. The highest BCUT2D eigenvalue weighted by Crippen LogP contribution is 2.63. The van der Waals surface area contributed by atoms with Crippen molar-refractivity contribution in [3.8, 4) is 23.3 Å². The number of para-hydroxylation sites is 1. The fraction of sp³-hybridized carbons (Fsp3) is 0.0476. The molecular formula is C63H42N4O. The number of anilines is 6. The van der Waals surface area contributed by atoms with Gasteiger partial charge in [0.05, 0.1) is 45.4 Å². The lowest BCUT2D eigenvalue weighted by molar-refractivity contribution is 0.669. The molecular weight excluding hydrogens is 829 g/mol. The lowest BCUT2D eigenvalue weighted by Crippen LogP contribution is -2.29. The van der Waals surface area contributed by atoms with E-state index < -0.39 is 5.41 Å². The summed E-state index contributed by atoms with van der Waals surface area (Å²) < 4.78 is 7.33. The molecule has 0 aliphatic heterocycles. The molecule has 10 aromatic carbocycles. The summed E-state index contributed by atoms with van der Waals surface area (Å²) in [6.07, 6.45) is 0. The first kappa shape index (κ1) is 40.4. The third kappa shape index (κ3) is 6.22. The van der Waals surface area contributed by atoms with Gasteiger partial charge in [-0.15, -0.1) is 0 Å². The van der Waals surface area contributed by atoms with Crippen molar-refractivity contribution < 1.29 is 4.42 Å². The average molecular weight is 871 g/mol. The lowest BCUT2D eigenvalue weighted by Gasteiger charge is -2.36. The van der Waals surface area contributed by atoms with Crippen molar-refractivity contribution in [2.75, 3.05) is 9.80 Å². The molecule has 0 bridgehead atoms. The van der Waals surface area contributed by atoms with Crippen molar-refractivity contribution in [2.45, 2.75) is 19.3 Å². The molecule has 1 aliphatic carbocycles. The Bertz CT molecular complexity index is 3770. The van der Waals surface area contributed by atoms with Crippen LogP contribution in [0.3, 0.4) is 0 Å². The number of nitrogens with zero attached hydrogens (tertiary/aromatic N) is 4. The molecule has 0 atom stereocenters. The van der Waals surface area contributed by atoms with Gasteiger partial charge in [-0.1, -0.05) is 139 Å². The lowest BCUT2D eigenvalue weighted by atomic mass is 9.67. The highest BCUT2D eigenvalue weighted by Gasteiger charge is 2.49. The first-order chi connectivity index (χ1) is 33.5. The zero-order valence-corrected chi connectivity index (χ0v) is 37.5. The summed E-state index contributed by atoms with van der Waals surface area (Å²) in [5, 5.41) is 24.0. The quantitative estimate of drug-likeness (QED) is 0.152. The van der Waals surface area contributed by atoms with E-state index in [1.165, 1.54) is 5.56 Å². The van der Waals surface area contributed by atoms with Crippen LogP contribution < -0.4 is 9.80 Å². The fourth-order valence-corrected chi connectivity index (χ4v) is 10.6. The van der Waals surface area contributed by atoms with Crippen molar-refractivity contribution in [3.05, 3.63) is 263 Å². The zero-order valence-electron chi connectivity index (χ0n) is 37.5. The Morgan fingerprint density at radius 2 is 0.824 bits per heavy atom. The number of furan rings is 1. The third-order valence-corrected chi connectivity index (χ3v) is 13.7. The summed E-state index contributed by atoms with van der Waals surface area (Å²) in [4.78, 5) is 4.65. The Kier molecular flexibility index (Phi) is 9.54. The summed E-state index contributed by atoms with van der Waals surface area (Å²) in [5.41, 5.74) is 16.7. The largest absolute Gasteiger partial charge is 0.455 e. The molecule has 0 radical (unpaired) electrons.